The molecule has 0 spiro atoms. The number of hydrogen-bond acceptors (Lipinski definition) is 4. The van der Waals surface area contributed by atoms with E-state index in [9.17, 15) is 0 Å². The fourth-order valence-corrected chi connectivity index (χ4v) is 1.60. The quantitative estimate of drug-likeness (QED) is 0.819. The zero-order valence-electron chi connectivity index (χ0n) is 11.6. The highest BCUT2D eigenvalue weighted by Gasteiger charge is 2.07. The Balaban J connectivity index is 2.62. The van der Waals surface area contributed by atoms with Gasteiger partial charge in [-0.1, -0.05) is 13.8 Å². The molecule has 0 saturated heterocycles. The van der Waals surface area contributed by atoms with Gasteiger partial charge in [0.25, 0.3) is 0 Å². The van der Waals surface area contributed by atoms with Gasteiger partial charge in [0.2, 0.25) is 0 Å². The summed E-state index contributed by atoms with van der Waals surface area (Å²) in [6.07, 6.45) is 1.86. The van der Waals surface area contributed by atoms with Crippen molar-refractivity contribution in [2.24, 2.45) is 0 Å². The SMILES string of the molecule is CCN(CCNC(C)C)c1cnc(C)c(C)n1. The van der Waals surface area contributed by atoms with Gasteiger partial charge in [-0.05, 0) is 20.8 Å². The van der Waals surface area contributed by atoms with Crippen LogP contribution in [0.3, 0.4) is 0 Å². The van der Waals surface area contributed by atoms with Crippen LogP contribution in [0, 0.1) is 13.8 Å². The minimum Gasteiger partial charge on any atom is -0.354 e. The van der Waals surface area contributed by atoms with Crippen molar-refractivity contribution in [1.82, 2.24) is 15.3 Å². The predicted octanol–water partition coefficient (Wildman–Crippen LogP) is 1.92. The topological polar surface area (TPSA) is 41.0 Å². The Labute approximate surface area is 104 Å². The summed E-state index contributed by atoms with van der Waals surface area (Å²) >= 11 is 0. The maximum atomic E-state index is 4.58. The normalized spacial score (nSPS) is 10.9. The van der Waals surface area contributed by atoms with Crippen LogP contribution in [-0.2, 0) is 0 Å². The van der Waals surface area contributed by atoms with Crippen LogP contribution >= 0.6 is 0 Å². The van der Waals surface area contributed by atoms with Crippen LogP contribution in [-0.4, -0.2) is 35.6 Å². The standard InChI is InChI=1S/C13H24N4/c1-6-17(8-7-14-10(2)3)13-9-15-11(4)12(5)16-13/h9-10,14H,6-8H2,1-5H3. The zero-order valence-corrected chi connectivity index (χ0v) is 11.6. The van der Waals surface area contributed by atoms with Crippen LogP contribution in [0.25, 0.3) is 0 Å². The van der Waals surface area contributed by atoms with Gasteiger partial charge in [-0.2, -0.15) is 0 Å². The highest BCUT2D eigenvalue weighted by atomic mass is 15.2. The Bertz CT molecular complexity index is 349. The van der Waals surface area contributed by atoms with Crippen molar-refractivity contribution in [1.29, 1.82) is 0 Å². The van der Waals surface area contributed by atoms with Crippen molar-refractivity contribution in [3.8, 4) is 0 Å². The lowest BCUT2D eigenvalue weighted by atomic mass is 10.3. The largest absolute Gasteiger partial charge is 0.354 e. The highest BCUT2D eigenvalue weighted by molar-refractivity contribution is 5.37. The van der Waals surface area contributed by atoms with Gasteiger partial charge in [-0.3, -0.25) is 4.98 Å². The Kier molecular flexibility index (Phi) is 5.35. The maximum Gasteiger partial charge on any atom is 0.147 e. The minimum atomic E-state index is 0.527. The molecule has 0 aliphatic heterocycles. The second kappa shape index (κ2) is 6.55. The summed E-state index contributed by atoms with van der Waals surface area (Å²) in [5, 5.41) is 3.42. The first-order chi connectivity index (χ1) is 8.04. The van der Waals surface area contributed by atoms with E-state index in [-0.39, 0.29) is 0 Å². The van der Waals surface area contributed by atoms with Gasteiger partial charge in [0.05, 0.1) is 17.6 Å². The number of nitrogens with zero attached hydrogens (tertiary/aromatic N) is 3. The van der Waals surface area contributed by atoms with Gasteiger partial charge in [0.15, 0.2) is 0 Å². The molecule has 1 heterocycles. The number of likely N-dealkylation sites (N-methyl/N-ethyl adjacent to an activating group) is 1. The summed E-state index contributed by atoms with van der Waals surface area (Å²) in [6.45, 7) is 13.3. The van der Waals surface area contributed by atoms with Gasteiger partial charge in [-0.25, -0.2) is 4.98 Å². The van der Waals surface area contributed by atoms with Crippen LogP contribution in [0.2, 0.25) is 0 Å². The van der Waals surface area contributed by atoms with Crippen molar-refractivity contribution < 1.29 is 0 Å². The number of hydrogen-bond donors (Lipinski definition) is 1. The van der Waals surface area contributed by atoms with Crippen LogP contribution in [0.1, 0.15) is 32.2 Å². The van der Waals surface area contributed by atoms with Crippen molar-refractivity contribution >= 4 is 5.82 Å². The fraction of sp³-hybridized carbons (Fsp3) is 0.692. The van der Waals surface area contributed by atoms with E-state index in [1.807, 2.05) is 20.0 Å². The van der Waals surface area contributed by atoms with Gasteiger partial charge < -0.3 is 10.2 Å². The Hall–Kier alpha value is -1.16. The van der Waals surface area contributed by atoms with E-state index in [1.54, 1.807) is 0 Å². The van der Waals surface area contributed by atoms with Crippen molar-refractivity contribution in [2.45, 2.75) is 40.7 Å². The second-order valence-electron chi connectivity index (χ2n) is 4.59. The van der Waals surface area contributed by atoms with E-state index in [2.05, 4.69) is 41.0 Å². The van der Waals surface area contributed by atoms with E-state index in [1.165, 1.54) is 0 Å². The summed E-state index contributed by atoms with van der Waals surface area (Å²) in [4.78, 5) is 11.2. The lowest BCUT2D eigenvalue weighted by Gasteiger charge is -2.23. The van der Waals surface area contributed by atoms with Crippen molar-refractivity contribution in [3.05, 3.63) is 17.6 Å². The average molecular weight is 236 g/mol. The molecule has 1 aromatic rings. The highest BCUT2D eigenvalue weighted by Crippen LogP contribution is 2.10. The predicted molar refractivity (Wildman–Crippen MR) is 72.5 cm³/mol. The molecule has 0 bridgehead atoms. The molecule has 1 N–H and O–H groups in total. The average Bonchev–Trinajstić information content (AvgIpc) is 2.28. The fourth-order valence-electron chi connectivity index (χ4n) is 1.60. The smallest absolute Gasteiger partial charge is 0.147 e. The molecular weight excluding hydrogens is 212 g/mol. The first-order valence-corrected chi connectivity index (χ1v) is 6.33. The monoisotopic (exact) mass is 236 g/mol. The first kappa shape index (κ1) is 13.9. The number of aromatic nitrogens is 2. The molecule has 0 aromatic carbocycles. The molecule has 0 aliphatic carbocycles. The molecule has 1 rings (SSSR count). The lowest BCUT2D eigenvalue weighted by molar-refractivity contribution is 0.582. The summed E-state index contributed by atoms with van der Waals surface area (Å²) in [5.41, 5.74) is 2.02. The Morgan fingerprint density at radius 2 is 2.00 bits per heavy atom. The zero-order chi connectivity index (χ0) is 12.8. The molecule has 0 fully saturated rings. The first-order valence-electron chi connectivity index (χ1n) is 6.33. The molecule has 0 amide bonds. The summed E-state index contributed by atoms with van der Waals surface area (Å²) < 4.78 is 0. The van der Waals surface area contributed by atoms with E-state index in [0.717, 1.165) is 36.8 Å². The van der Waals surface area contributed by atoms with Gasteiger partial charge >= 0.3 is 0 Å². The summed E-state index contributed by atoms with van der Waals surface area (Å²) in [6, 6.07) is 0.527. The Morgan fingerprint density at radius 1 is 1.29 bits per heavy atom. The number of nitrogens with one attached hydrogen (secondary N) is 1. The maximum absolute atomic E-state index is 4.58. The van der Waals surface area contributed by atoms with Crippen LogP contribution in [0.15, 0.2) is 6.20 Å². The molecule has 17 heavy (non-hydrogen) atoms. The molecule has 0 saturated carbocycles. The molecule has 0 radical (unpaired) electrons. The third-order valence-electron chi connectivity index (χ3n) is 2.82. The molecule has 4 heteroatoms. The molecule has 0 aliphatic rings. The molecule has 0 unspecified atom stereocenters. The molecule has 4 nitrogen and oxygen atoms in total. The Morgan fingerprint density at radius 3 is 2.53 bits per heavy atom. The lowest BCUT2D eigenvalue weighted by Crippen LogP contribution is -2.35. The van der Waals surface area contributed by atoms with Gasteiger partial charge in [0, 0.05) is 25.7 Å². The van der Waals surface area contributed by atoms with E-state index < -0.39 is 0 Å². The molecule has 0 atom stereocenters. The van der Waals surface area contributed by atoms with E-state index >= 15 is 0 Å². The van der Waals surface area contributed by atoms with Crippen molar-refractivity contribution in [3.63, 3.8) is 0 Å². The van der Waals surface area contributed by atoms with Crippen LogP contribution in [0.4, 0.5) is 5.82 Å². The minimum absolute atomic E-state index is 0.527. The van der Waals surface area contributed by atoms with E-state index in [0.29, 0.717) is 6.04 Å². The van der Waals surface area contributed by atoms with Gasteiger partial charge in [-0.15, -0.1) is 0 Å². The second-order valence-corrected chi connectivity index (χ2v) is 4.59. The molecule has 96 valence electrons. The summed E-state index contributed by atoms with van der Waals surface area (Å²) in [5.74, 6) is 0.973. The van der Waals surface area contributed by atoms with Crippen LogP contribution in [0.5, 0.6) is 0 Å². The van der Waals surface area contributed by atoms with Crippen molar-refractivity contribution in [2.75, 3.05) is 24.5 Å². The molecule has 1 aromatic heterocycles. The van der Waals surface area contributed by atoms with E-state index in [4.69, 9.17) is 0 Å². The summed E-state index contributed by atoms with van der Waals surface area (Å²) in [7, 11) is 0. The van der Waals surface area contributed by atoms with Gasteiger partial charge in [0.1, 0.15) is 5.82 Å². The van der Waals surface area contributed by atoms with Crippen LogP contribution < -0.4 is 10.2 Å². The molecular formula is C13H24N4. The third-order valence-corrected chi connectivity index (χ3v) is 2.82. The third kappa shape index (κ3) is 4.30. The number of rotatable bonds is 6. The number of aryl methyl sites for hydroxylation is 2. The number of anilines is 1.